The number of nitrogens with one attached hydrogen (secondary N) is 1. The van der Waals surface area contributed by atoms with E-state index in [9.17, 15) is 14.9 Å². The number of para-hydroxylation sites is 1. The number of thioether (sulfide) groups is 1. The van der Waals surface area contributed by atoms with Crippen molar-refractivity contribution >= 4 is 29.1 Å². The Morgan fingerprint density at radius 1 is 1.23 bits per heavy atom. The highest BCUT2D eigenvalue weighted by atomic mass is 32.2. The minimum atomic E-state index is -0.429. The lowest BCUT2D eigenvalue weighted by atomic mass is 10.2. The maximum atomic E-state index is 11.7. The van der Waals surface area contributed by atoms with E-state index in [1.54, 1.807) is 13.0 Å². The lowest BCUT2D eigenvalue weighted by Gasteiger charge is -2.12. The van der Waals surface area contributed by atoms with Crippen LogP contribution in [0.1, 0.15) is 18.3 Å². The smallest absolute Gasteiger partial charge is 0.316 e. The second-order valence-corrected chi connectivity index (χ2v) is 7.22. The molecule has 30 heavy (non-hydrogen) atoms. The number of aromatic nitrogens is 3. The Balaban J connectivity index is 1.85. The molecule has 2 aromatic carbocycles. The van der Waals surface area contributed by atoms with Crippen molar-refractivity contribution in [3.05, 3.63) is 70.0 Å². The number of non-ortho nitro benzene ring substituents is 1. The monoisotopic (exact) mass is 427 g/mol. The van der Waals surface area contributed by atoms with Crippen molar-refractivity contribution < 1.29 is 14.5 Å². The Labute approximate surface area is 177 Å². The van der Waals surface area contributed by atoms with E-state index in [0.717, 1.165) is 11.3 Å². The molecule has 0 aliphatic carbocycles. The highest BCUT2D eigenvalue weighted by Gasteiger charge is 2.17. The Bertz CT molecular complexity index is 1040. The number of nitro groups is 1. The van der Waals surface area contributed by atoms with Crippen LogP contribution in [0.4, 0.5) is 11.4 Å². The predicted molar refractivity (Wildman–Crippen MR) is 114 cm³/mol. The van der Waals surface area contributed by atoms with Gasteiger partial charge in [-0.3, -0.25) is 19.5 Å². The highest BCUT2D eigenvalue weighted by Crippen LogP contribution is 2.25. The van der Waals surface area contributed by atoms with E-state index in [4.69, 9.17) is 4.74 Å². The van der Waals surface area contributed by atoms with Crippen LogP contribution in [0.25, 0.3) is 5.69 Å². The van der Waals surface area contributed by atoms with Gasteiger partial charge in [-0.2, -0.15) is 0 Å². The van der Waals surface area contributed by atoms with Crippen LogP contribution in [0.5, 0.6) is 0 Å². The molecule has 0 aliphatic rings. The third-order valence-corrected chi connectivity index (χ3v) is 5.11. The standard InChI is InChI=1S/C20H21N5O4S/c1-3-29-19(26)13-30-20-23-22-18(24(20)15-7-5-4-6-8-15)12-21-17-11-16(25(27)28)10-9-14(17)2/h4-11,21H,3,12-13H2,1-2H3. The van der Waals surface area contributed by atoms with Crippen molar-refractivity contribution in [2.24, 2.45) is 0 Å². The van der Waals surface area contributed by atoms with E-state index >= 15 is 0 Å². The van der Waals surface area contributed by atoms with Gasteiger partial charge in [0.2, 0.25) is 0 Å². The van der Waals surface area contributed by atoms with Gasteiger partial charge in [0, 0.05) is 23.5 Å². The topological polar surface area (TPSA) is 112 Å². The molecule has 0 atom stereocenters. The normalized spacial score (nSPS) is 10.6. The summed E-state index contributed by atoms with van der Waals surface area (Å²) in [5.74, 6) is 0.409. The van der Waals surface area contributed by atoms with E-state index in [1.165, 1.54) is 23.9 Å². The molecule has 0 radical (unpaired) electrons. The van der Waals surface area contributed by atoms with Crippen molar-refractivity contribution in [1.29, 1.82) is 0 Å². The van der Waals surface area contributed by atoms with Crippen molar-refractivity contribution in [3.63, 3.8) is 0 Å². The lowest BCUT2D eigenvalue weighted by Crippen LogP contribution is -2.10. The number of hydrogen-bond acceptors (Lipinski definition) is 8. The first-order valence-corrected chi connectivity index (χ1v) is 10.2. The second kappa shape index (κ2) is 9.88. The molecule has 1 aromatic heterocycles. The summed E-state index contributed by atoms with van der Waals surface area (Å²) in [6.07, 6.45) is 0. The summed E-state index contributed by atoms with van der Waals surface area (Å²) in [5, 5.41) is 23.3. The van der Waals surface area contributed by atoms with Crippen LogP contribution in [0, 0.1) is 17.0 Å². The van der Waals surface area contributed by atoms with Gasteiger partial charge in [-0.1, -0.05) is 36.0 Å². The molecule has 0 unspecified atom stereocenters. The number of rotatable bonds is 9. The van der Waals surface area contributed by atoms with Gasteiger partial charge < -0.3 is 10.1 Å². The maximum absolute atomic E-state index is 11.7. The minimum Gasteiger partial charge on any atom is -0.465 e. The Morgan fingerprint density at radius 3 is 2.70 bits per heavy atom. The molecule has 3 aromatic rings. The fourth-order valence-corrected chi connectivity index (χ4v) is 3.53. The first-order valence-electron chi connectivity index (χ1n) is 9.26. The van der Waals surface area contributed by atoms with Crippen molar-refractivity contribution in [1.82, 2.24) is 14.8 Å². The number of aryl methyl sites for hydroxylation is 1. The molecule has 10 heteroatoms. The zero-order valence-corrected chi connectivity index (χ0v) is 17.4. The third kappa shape index (κ3) is 5.15. The van der Waals surface area contributed by atoms with E-state index < -0.39 is 4.92 Å². The molecule has 0 bridgehead atoms. The second-order valence-electron chi connectivity index (χ2n) is 6.27. The summed E-state index contributed by atoms with van der Waals surface area (Å²) in [4.78, 5) is 22.4. The fraction of sp³-hybridized carbons (Fsp3) is 0.250. The molecule has 0 spiro atoms. The van der Waals surface area contributed by atoms with Gasteiger partial charge in [-0.15, -0.1) is 10.2 Å². The number of ether oxygens (including phenoxy) is 1. The summed E-state index contributed by atoms with van der Waals surface area (Å²) < 4.78 is 6.83. The number of carbonyl (C=O) groups excluding carboxylic acids is 1. The predicted octanol–water partition coefficient (Wildman–Crippen LogP) is 3.75. The number of benzene rings is 2. The number of nitro benzene ring substituents is 1. The zero-order chi connectivity index (χ0) is 21.5. The van der Waals surface area contributed by atoms with Crippen molar-refractivity contribution in [2.75, 3.05) is 17.7 Å². The van der Waals surface area contributed by atoms with Gasteiger partial charge >= 0.3 is 5.97 Å². The molecule has 1 heterocycles. The van der Waals surface area contributed by atoms with Gasteiger partial charge in [0.05, 0.1) is 23.8 Å². The SMILES string of the molecule is CCOC(=O)CSc1nnc(CNc2cc([N+](=O)[O-])ccc2C)n1-c1ccccc1. The van der Waals surface area contributed by atoms with Crippen LogP contribution in [-0.2, 0) is 16.1 Å². The molecule has 0 amide bonds. The lowest BCUT2D eigenvalue weighted by molar-refractivity contribution is -0.384. The van der Waals surface area contributed by atoms with Crippen LogP contribution >= 0.6 is 11.8 Å². The molecular formula is C20H21N5O4S. The number of anilines is 1. The van der Waals surface area contributed by atoms with E-state index in [1.807, 2.05) is 41.8 Å². The van der Waals surface area contributed by atoms with Crippen LogP contribution in [0.3, 0.4) is 0 Å². The third-order valence-electron chi connectivity index (χ3n) is 4.21. The molecule has 156 valence electrons. The number of hydrogen-bond donors (Lipinski definition) is 1. The fourth-order valence-electron chi connectivity index (χ4n) is 2.76. The number of nitrogens with zero attached hydrogens (tertiary/aromatic N) is 4. The van der Waals surface area contributed by atoms with Gasteiger partial charge in [-0.05, 0) is 31.5 Å². The Morgan fingerprint density at radius 2 is 2.00 bits per heavy atom. The first kappa shape index (κ1) is 21.3. The van der Waals surface area contributed by atoms with Gasteiger partial charge in [-0.25, -0.2) is 0 Å². The maximum Gasteiger partial charge on any atom is 0.316 e. The summed E-state index contributed by atoms with van der Waals surface area (Å²) in [6, 6.07) is 14.2. The molecule has 0 fully saturated rings. The van der Waals surface area contributed by atoms with Gasteiger partial charge in [0.25, 0.3) is 5.69 Å². The highest BCUT2D eigenvalue weighted by molar-refractivity contribution is 7.99. The van der Waals surface area contributed by atoms with Gasteiger partial charge in [0.15, 0.2) is 11.0 Å². The largest absolute Gasteiger partial charge is 0.465 e. The molecule has 0 saturated carbocycles. The van der Waals surface area contributed by atoms with Crippen LogP contribution in [-0.4, -0.2) is 38.0 Å². The average Bonchev–Trinajstić information content (AvgIpc) is 3.15. The molecule has 0 saturated heterocycles. The van der Waals surface area contributed by atoms with E-state index in [2.05, 4.69) is 15.5 Å². The summed E-state index contributed by atoms with van der Waals surface area (Å²) in [7, 11) is 0. The summed E-state index contributed by atoms with van der Waals surface area (Å²) in [5.41, 5.74) is 2.38. The summed E-state index contributed by atoms with van der Waals surface area (Å²) in [6.45, 7) is 4.25. The zero-order valence-electron chi connectivity index (χ0n) is 16.6. The van der Waals surface area contributed by atoms with E-state index in [-0.39, 0.29) is 17.4 Å². The molecule has 9 nitrogen and oxygen atoms in total. The van der Waals surface area contributed by atoms with Crippen LogP contribution in [0.15, 0.2) is 53.7 Å². The van der Waals surface area contributed by atoms with Crippen molar-refractivity contribution in [2.45, 2.75) is 25.5 Å². The molecule has 3 rings (SSSR count). The van der Waals surface area contributed by atoms with Crippen LogP contribution < -0.4 is 5.32 Å². The van der Waals surface area contributed by atoms with Crippen molar-refractivity contribution in [3.8, 4) is 5.69 Å². The van der Waals surface area contributed by atoms with Crippen LogP contribution in [0.2, 0.25) is 0 Å². The molecule has 1 N–H and O–H groups in total. The van der Waals surface area contributed by atoms with Gasteiger partial charge in [0.1, 0.15) is 0 Å². The quantitative estimate of drug-likeness (QED) is 0.238. The average molecular weight is 427 g/mol. The minimum absolute atomic E-state index is 0.0123. The first-order chi connectivity index (χ1) is 14.5. The van der Waals surface area contributed by atoms with E-state index in [0.29, 0.717) is 29.8 Å². The molecular weight excluding hydrogens is 406 g/mol. The summed E-state index contributed by atoms with van der Waals surface area (Å²) >= 11 is 1.24. The molecule has 0 aliphatic heterocycles. The Hall–Kier alpha value is -3.40. The number of carbonyl (C=O) groups is 1. The Kier molecular flexibility index (Phi) is 7.02. The number of esters is 1.